The van der Waals surface area contributed by atoms with Gasteiger partial charge in [-0.2, -0.15) is 4.99 Å². The Morgan fingerprint density at radius 1 is 1.18 bits per heavy atom. The summed E-state index contributed by atoms with van der Waals surface area (Å²) in [7, 11) is 0. The van der Waals surface area contributed by atoms with Gasteiger partial charge in [0.25, 0.3) is 0 Å². The lowest BCUT2D eigenvalue weighted by Crippen LogP contribution is -2.36. The smallest absolute Gasteiger partial charge is 0.205 e. The Labute approximate surface area is 130 Å². The van der Waals surface area contributed by atoms with Crippen molar-refractivity contribution in [1.82, 2.24) is 9.88 Å². The lowest BCUT2D eigenvalue weighted by Gasteiger charge is -2.24. The van der Waals surface area contributed by atoms with E-state index in [2.05, 4.69) is 34.0 Å². The predicted octanol–water partition coefficient (Wildman–Crippen LogP) is 3.97. The van der Waals surface area contributed by atoms with Gasteiger partial charge in [-0.05, 0) is 56.7 Å². The first-order valence-electron chi connectivity index (χ1n) is 7.41. The van der Waals surface area contributed by atoms with E-state index in [1.807, 2.05) is 19.1 Å². The Hall–Kier alpha value is -2.43. The second kappa shape index (κ2) is 7.54. The normalized spacial score (nSPS) is 11.4. The zero-order chi connectivity index (χ0) is 15.9. The van der Waals surface area contributed by atoms with Gasteiger partial charge < -0.3 is 10.2 Å². The van der Waals surface area contributed by atoms with Crippen LogP contribution in [0.5, 0.6) is 0 Å². The number of guanidine groups is 1. The number of halogens is 1. The SMILES string of the molecule is CCN(CC)C(=Nc1ncccc1C)Nc1ccc(F)cc1. The van der Waals surface area contributed by atoms with Crippen LogP contribution in [0.1, 0.15) is 19.4 Å². The van der Waals surface area contributed by atoms with Crippen molar-refractivity contribution in [2.45, 2.75) is 20.8 Å². The average Bonchev–Trinajstić information content (AvgIpc) is 2.53. The maximum absolute atomic E-state index is 13.0. The standard InChI is InChI=1S/C17H21FN4/c1-4-22(5-2)17(20-15-10-8-14(18)9-11-15)21-16-13(3)7-6-12-19-16/h6-12H,4-5H2,1-3H3,(H,19,20,21). The van der Waals surface area contributed by atoms with E-state index in [0.717, 1.165) is 24.3 Å². The Balaban J connectivity index is 2.34. The van der Waals surface area contributed by atoms with Crippen LogP contribution in [0.2, 0.25) is 0 Å². The van der Waals surface area contributed by atoms with E-state index in [-0.39, 0.29) is 5.82 Å². The zero-order valence-electron chi connectivity index (χ0n) is 13.2. The number of aromatic nitrogens is 1. The zero-order valence-corrected chi connectivity index (χ0v) is 13.2. The molecule has 2 rings (SSSR count). The molecule has 116 valence electrons. The third-order valence-corrected chi connectivity index (χ3v) is 3.36. The summed E-state index contributed by atoms with van der Waals surface area (Å²) in [6.07, 6.45) is 1.73. The summed E-state index contributed by atoms with van der Waals surface area (Å²) >= 11 is 0. The molecule has 2 aromatic rings. The average molecular weight is 300 g/mol. The fourth-order valence-electron chi connectivity index (χ4n) is 2.06. The van der Waals surface area contributed by atoms with E-state index in [4.69, 9.17) is 0 Å². The van der Waals surface area contributed by atoms with Crippen LogP contribution in [0.3, 0.4) is 0 Å². The summed E-state index contributed by atoms with van der Waals surface area (Å²) in [4.78, 5) is 11.0. The van der Waals surface area contributed by atoms with E-state index in [1.165, 1.54) is 12.1 Å². The van der Waals surface area contributed by atoms with Crippen LogP contribution < -0.4 is 5.32 Å². The maximum atomic E-state index is 13.0. The number of nitrogens with one attached hydrogen (secondary N) is 1. The lowest BCUT2D eigenvalue weighted by molar-refractivity contribution is 0.464. The fraction of sp³-hybridized carbons (Fsp3) is 0.294. The Bertz CT molecular complexity index is 633. The third kappa shape index (κ3) is 4.04. The fourth-order valence-corrected chi connectivity index (χ4v) is 2.06. The summed E-state index contributed by atoms with van der Waals surface area (Å²) in [5.74, 6) is 1.13. The number of hydrogen-bond donors (Lipinski definition) is 1. The van der Waals surface area contributed by atoms with Crippen LogP contribution in [0, 0.1) is 12.7 Å². The Morgan fingerprint density at radius 3 is 2.45 bits per heavy atom. The van der Waals surface area contributed by atoms with Crippen molar-refractivity contribution >= 4 is 17.5 Å². The minimum absolute atomic E-state index is 0.257. The second-order valence-electron chi connectivity index (χ2n) is 4.88. The minimum atomic E-state index is -0.257. The maximum Gasteiger partial charge on any atom is 0.205 e. The monoisotopic (exact) mass is 300 g/mol. The van der Waals surface area contributed by atoms with Crippen molar-refractivity contribution < 1.29 is 4.39 Å². The van der Waals surface area contributed by atoms with Gasteiger partial charge in [0.05, 0.1) is 0 Å². The van der Waals surface area contributed by atoms with E-state index in [9.17, 15) is 4.39 Å². The predicted molar refractivity (Wildman–Crippen MR) is 89.0 cm³/mol. The molecule has 0 atom stereocenters. The van der Waals surface area contributed by atoms with Gasteiger partial charge in [0, 0.05) is 25.0 Å². The van der Waals surface area contributed by atoms with Crippen LogP contribution in [0.25, 0.3) is 0 Å². The molecule has 22 heavy (non-hydrogen) atoms. The lowest BCUT2D eigenvalue weighted by atomic mass is 10.3. The van der Waals surface area contributed by atoms with Crippen LogP contribution in [0.15, 0.2) is 47.6 Å². The molecule has 0 unspecified atom stereocenters. The topological polar surface area (TPSA) is 40.5 Å². The number of nitrogens with zero attached hydrogens (tertiary/aromatic N) is 3. The molecular weight excluding hydrogens is 279 g/mol. The molecule has 0 saturated heterocycles. The second-order valence-corrected chi connectivity index (χ2v) is 4.88. The van der Waals surface area contributed by atoms with E-state index in [0.29, 0.717) is 11.8 Å². The number of aliphatic imine (C=N–C) groups is 1. The van der Waals surface area contributed by atoms with Crippen LogP contribution in [-0.4, -0.2) is 28.9 Å². The van der Waals surface area contributed by atoms with Crippen molar-refractivity contribution in [2.24, 2.45) is 4.99 Å². The molecule has 1 aromatic carbocycles. The number of benzene rings is 1. The summed E-state index contributed by atoms with van der Waals surface area (Å²) in [6.45, 7) is 7.74. The highest BCUT2D eigenvalue weighted by molar-refractivity contribution is 5.95. The molecule has 0 aliphatic carbocycles. The third-order valence-electron chi connectivity index (χ3n) is 3.36. The molecule has 0 bridgehead atoms. The molecule has 5 heteroatoms. The van der Waals surface area contributed by atoms with Crippen molar-refractivity contribution in [2.75, 3.05) is 18.4 Å². The summed E-state index contributed by atoms with van der Waals surface area (Å²) < 4.78 is 13.0. The van der Waals surface area contributed by atoms with Crippen LogP contribution in [-0.2, 0) is 0 Å². The van der Waals surface area contributed by atoms with Crippen molar-refractivity contribution in [3.63, 3.8) is 0 Å². The molecule has 0 radical (unpaired) electrons. The summed E-state index contributed by atoms with van der Waals surface area (Å²) in [5, 5.41) is 3.25. The molecule has 0 fully saturated rings. The van der Waals surface area contributed by atoms with Gasteiger partial charge in [0.1, 0.15) is 5.82 Å². The van der Waals surface area contributed by atoms with Gasteiger partial charge in [-0.25, -0.2) is 9.37 Å². The van der Waals surface area contributed by atoms with Gasteiger partial charge in [0.2, 0.25) is 5.96 Å². The molecule has 4 nitrogen and oxygen atoms in total. The molecule has 0 saturated carbocycles. The summed E-state index contributed by atoms with van der Waals surface area (Å²) in [6, 6.07) is 10.1. The molecular formula is C17H21FN4. The minimum Gasteiger partial charge on any atom is -0.343 e. The van der Waals surface area contributed by atoms with Crippen molar-refractivity contribution in [3.05, 3.63) is 54.0 Å². The number of anilines is 1. The first-order valence-corrected chi connectivity index (χ1v) is 7.41. The van der Waals surface area contributed by atoms with Crippen molar-refractivity contribution in [3.8, 4) is 0 Å². The highest BCUT2D eigenvalue weighted by atomic mass is 19.1. The van der Waals surface area contributed by atoms with Gasteiger partial charge in [-0.3, -0.25) is 0 Å². The molecule has 0 aliphatic heterocycles. The molecule has 1 aromatic heterocycles. The van der Waals surface area contributed by atoms with Gasteiger partial charge in [0.15, 0.2) is 5.82 Å². The number of pyridine rings is 1. The molecule has 0 spiro atoms. The Morgan fingerprint density at radius 2 is 1.86 bits per heavy atom. The molecule has 1 heterocycles. The number of rotatable bonds is 4. The summed E-state index contributed by atoms with van der Waals surface area (Å²) in [5.41, 5.74) is 1.80. The van der Waals surface area contributed by atoms with E-state index in [1.54, 1.807) is 18.3 Å². The number of hydrogen-bond acceptors (Lipinski definition) is 2. The Kier molecular flexibility index (Phi) is 5.47. The quantitative estimate of drug-likeness (QED) is 0.686. The first-order chi connectivity index (χ1) is 10.6. The number of aryl methyl sites for hydroxylation is 1. The van der Waals surface area contributed by atoms with Gasteiger partial charge in [-0.15, -0.1) is 0 Å². The largest absolute Gasteiger partial charge is 0.343 e. The van der Waals surface area contributed by atoms with E-state index >= 15 is 0 Å². The van der Waals surface area contributed by atoms with Gasteiger partial charge in [-0.1, -0.05) is 6.07 Å². The molecule has 0 amide bonds. The van der Waals surface area contributed by atoms with E-state index < -0.39 is 0 Å². The first kappa shape index (κ1) is 15.9. The van der Waals surface area contributed by atoms with Crippen LogP contribution >= 0.6 is 0 Å². The van der Waals surface area contributed by atoms with Gasteiger partial charge >= 0.3 is 0 Å². The molecule has 0 aliphatic rings. The molecule has 1 N–H and O–H groups in total. The van der Waals surface area contributed by atoms with Crippen molar-refractivity contribution in [1.29, 1.82) is 0 Å². The highest BCUT2D eigenvalue weighted by Gasteiger charge is 2.10. The highest BCUT2D eigenvalue weighted by Crippen LogP contribution is 2.16. The van der Waals surface area contributed by atoms with Crippen LogP contribution in [0.4, 0.5) is 15.9 Å².